The maximum atomic E-state index is 13.4. The lowest BCUT2D eigenvalue weighted by atomic mass is 9.96. The van der Waals surface area contributed by atoms with Crippen LogP contribution in [0.4, 0.5) is 0 Å². The lowest BCUT2D eigenvalue weighted by Crippen LogP contribution is -2.49. The number of thiophene rings is 1. The van der Waals surface area contributed by atoms with Crippen LogP contribution in [-0.4, -0.2) is 29.9 Å². The van der Waals surface area contributed by atoms with Gasteiger partial charge >= 0.3 is 5.97 Å². The van der Waals surface area contributed by atoms with Crippen LogP contribution in [0.15, 0.2) is 74.8 Å². The molecule has 5 rings (SSSR count). The normalized spacial score (nSPS) is 16.2. The molecule has 1 aliphatic rings. The van der Waals surface area contributed by atoms with E-state index in [0.29, 0.717) is 11.5 Å². The Bertz CT molecular complexity index is 1420. The Balaban J connectivity index is 1.43. The molecule has 1 aliphatic heterocycles. The topological polar surface area (TPSA) is 89.7 Å². The first-order valence-corrected chi connectivity index (χ1v) is 13.0. The zero-order valence-corrected chi connectivity index (χ0v) is 20.2. The molecule has 0 radical (unpaired) electrons. The molecule has 0 bridgehead atoms. The van der Waals surface area contributed by atoms with Gasteiger partial charge in [-0.15, -0.1) is 11.3 Å². The predicted octanol–water partition coefficient (Wildman–Crippen LogP) is 4.74. The number of benzene rings is 2. The van der Waals surface area contributed by atoms with Crippen molar-refractivity contribution < 1.29 is 22.5 Å². The van der Waals surface area contributed by atoms with Crippen LogP contribution in [0.5, 0.6) is 5.75 Å². The standard InChI is InChI=1S/C25H22N2O5S2/c1-16-24(17(2)32-26-16)18-9-11-21(12-10-18)31-25(28)22-14-19-6-3-4-7-20(19)15-27(22)34(29,30)23-8-5-13-33-23/h3-13,22H,14-15H2,1-2H3/t22-/m0/s1. The Kier molecular flexibility index (Phi) is 5.85. The second-order valence-electron chi connectivity index (χ2n) is 8.12. The lowest BCUT2D eigenvalue weighted by Gasteiger charge is -2.34. The fourth-order valence-electron chi connectivity index (χ4n) is 4.25. The molecule has 0 unspecified atom stereocenters. The molecule has 2 aromatic carbocycles. The molecular weight excluding hydrogens is 472 g/mol. The van der Waals surface area contributed by atoms with Crippen LogP contribution in [0.2, 0.25) is 0 Å². The number of hydrogen-bond donors (Lipinski definition) is 0. The van der Waals surface area contributed by atoms with Crippen LogP contribution in [0, 0.1) is 13.8 Å². The highest BCUT2D eigenvalue weighted by Crippen LogP contribution is 2.32. The van der Waals surface area contributed by atoms with Gasteiger partial charge in [0.1, 0.15) is 21.8 Å². The van der Waals surface area contributed by atoms with Gasteiger partial charge in [-0.3, -0.25) is 0 Å². The van der Waals surface area contributed by atoms with E-state index in [1.165, 1.54) is 4.31 Å². The number of sulfonamides is 1. The van der Waals surface area contributed by atoms with Gasteiger partial charge in [0.2, 0.25) is 0 Å². The van der Waals surface area contributed by atoms with Gasteiger partial charge in [-0.1, -0.05) is 47.6 Å². The fraction of sp³-hybridized carbons (Fsp3) is 0.200. The van der Waals surface area contributed by atoms with E-state index in [1.807, 2.05) is 50.2 Å². The highest BCUT2D eigenvalue weighted by Gasteiger charge is 2.41. The number of esters is 1. The highest BCUT2D eigenvalue weighted by molar-refractivity contribution is 7.91. The molecular formula is C25H22N2O5S2. The van der Waals surface area contributed by atoms with E-state index in [0.717, 1.165) is 39.3 Å². The number of aromatic nitrogens is 1. The van der Waals surface area contributed by atoms with Gasteiger partial charge in [0.15, 0.2) is 0 Å². The van der Waals surface area contributed by atoms with Crippen LogP contribution in [-0.2, 0) is 27.8 Å². The van der Waals surface area contributed by atoms with E-state index in [2.05, 4.69) is 5.16 Å². The van der Waals surface area contributed by atoms with E-state index in [4.69, 9.17) is 9.26 Å². The number of carbonyl (C=O) groups is 1. The Hall–Kier alpha value is -3.27. The third kappa shape index (κ3) is 4.06. The summed E-state index contributed by atoms with van der Waals surface area (Å²) in [4.78, 5) is 13.3. The van der Waals surface area contributed by atoms with Crippen molar-refractivity contribution in [2.75, 3.05) is 0 Å². The Labute approximate surface area is 201 Å². The quantitative estimate of drug-likeness (QED) is 0.294. The second-order valence-corrected chi connectivity index (χ2v) is 11.2. The Morgan fingerprint density at radius 3 is 2.44 bits per heavy atom. The van der Waals surface area contributed by atoms with Gasteiger partial charge in [0.25, 0.3) is 10.0 Å². The minimum absolute atomic E-state index is 0.112. The number of fused-ring (bicyclic) bond motifs is 1. The summed E-state index contributed by atoms with van der Waals surface area (Å²) in [6.45, 7) is 3.82. The molecule has 4 aromatic rings. The van der Waals surface area contributed by atoms with Crippen LogP contribution in [0.1, 0.15) is 22.6 Å². The lowest BCUT2D eigenvalue weighted by molar-refractivity contribution is -0.139. The van der Waals surface area contributed by atoms with Crippen molar-refractivity contribution in [2.24, 2.45) is 0 Å². The SMILES string of the molecule is Cc1noc(C)c1-c1ccc(OC(=O)[C@@H]2Cc3ccccc3CN2S(=O)(=O)c2cccs2)cc1. The molecule has 1 atom stereocenters. The molecule has 0 spiro atoms. The first kappa shape index (κ1) is 22.5. The van der Waals surface area contributed by atoms with Crippen molar-refractivity contribution >= 4 is 27.3 Å². The molecule has 3 heterocycles. The number of aryl methyl sites for hydroxylation is 2. The summed E-state index contributed by atoms with van der Waals surface area (Å²) in [6.07, 6.45) is 0.247. The van der Waals surface area contributed by atoms with Crippen molar-refractivity contribution in [3.05, 3.63) is 88.6 Å². The molecule has 0 fully saturated rings. The van der Waals surface area contributed by atoms with Gasteiger partial charge in [0.05, 0.1) is 5.69 Å². The van der Waals surface area contributed by atoms with Gasteiger partial charge in [-0.2, -0.15) is 4.31 Å². The molecule has 0 amide bonds. The van der Waals surface area contributed by atoms with E-state index in [9.17, 15) is 13.2 Å². The summed E-state index contributed by atoms with van der Waals surface area (Å²) in [5.41, 5.74) is 4.39. The number of nitrogens with zero attached hydrogens (tertiary/aromatic N) is 2. The Morgan fingerprint density at radius 2 is 1.79 bits per heavy atom. The van der Waals surface area contributed by atoms with Crippen molar-refractivity contribution in [3.63, 3.8) is 0 Å². The zero-order chi connectivity index (χ0) is 23.9. The fourth-order valence-corrected chi connectivity index (χ4v) is 6.92. The monoisotopic (exact) mass is 494 g/mol. The highest BCUT2D eigenvalue weighted by atomic mass is 32.2. The molecule has 7 nitrogen and oxygen atoms in total. The number of rotatable bonds is 5. The largest absolute Gasteiger partial charge is 0.425 e. The third-order valence-corrected chi connectivity index (χ3v) is 9.16. The van der Waals surface area contributed by atoms with E-state index in [1.54, 1.807) is 29.6 Å². The molecule has 2 aromatic heterocycles. The van der Waals surface area contributed by atoms with Gasteiger partial charge in [0, 0.05) is 18.5 Å². The van der Waals surface area contributed by atoms with Gasteiger partial charge in [-0.25, -0.2) is 13.2 Å². The predicted molar refractivity (Wildman–Crippen MR) is 128 cm³/mol. The summed E-state index contributed by atoms with van der Waals surface area (Å²) < 4.78 is 39.1. The second kappa shape index (κ2) is 8.83. The van der Waals surface area contributed by atoms with Gasteiger partial charge < -0.3 is 9.26 Å². The summed E-state index contributed by atoms with van der Waals surface area (Å²) in [7, 11) is -3.86. The van der Waals surface area contributed by atoms with Gasteiger partial charge in [-0.05, 0) is 54.1 Å². The molecule has 34 heavy (non-hydrogen) atoms. The summed E-state index contributed by atoms with van der Waals surface area (Å²) in [6, 6.07) is 16.9. The van der Waals surface area contributed by atoms with Crippen molar-refractivity contribution in [1.29, 1.82) is 0 Å². The van der Waals surface area contributed by atoms with E-state index < -0.39 is 22.0 Å². The average molecular weight is 495 g/mol. The Morgan fingerprint density at radius 1 is 1.06 bits per heavy atom. The van der Waals surface area contributed by atoms with Crippen LogP contribution in [0.25, 0.3) is 11.1 Å². The molecule has 0 saturated carbocycles. The maximum absolute atomic E-state index is 13.4. The van der Waals surface area contributed by atoms with Crippen molar-refractivity contribution in [3.8, 4) is 16.9 Å². The summed E-state index contributed by atoms with van der Waals surface area (Å²) >= 11 is 1.13. The smallest absolute Gasteiger partial charge is 0.330 e. The van der Waals surface area contributed by atoms with E-state index >= 15 is 0 Å². The number of carbonyl (C=O) groups excluding carboxylic acids is 1. The number of hydrogen-bond acceptors (Lipinski definition) is 7. The first-order chi connectivity index (χ1) is 16.3. The summed E-state index contributed by atoms with van der Waals surface area (Å²) in [5, 5.41) is 5.68. The third-order valence-electron chi connectivity index (χ3n) is 5.93. The average Bonchev–Trinajstić information content (AvgIpc) is 3.49. The van der Waals surface area contributed by atoms with Crippen LogP contribution < -0.4 is 4.74 Å². The molecule has 174 valence electrons. The van der Waals surface area contributed by atoms with E-state index in [-0.39, 0.29) is 17.2 Å². The molecule has 0 aliphatic carbocycles. The van der Waals surface area contributed by atoms with Crippen molar-refractivity contribution in [2.45, 2.75) is 37.1 Å². The maximum Gasteiger partial charge on any atom is 0.330 e. The minimum atomic E-state index is -3.86. The molecule has 0 saturated heterocycles. The molecule has 0 N–H and O–H groups in total. The number of ether oxygens (including phenoxy) is 1. The minimum Gasteiger partial charge on any atom is -0.425 e. The van der Waals surface area contributed by atoms with Crippen LogP contribution in [0.3, 0.4) is 0 Å². The van der Waals surface area contributed by atoms with Crippen LogP contribution >= 0.6 is 11.3 Å². The first-order valence-electron chi connectivity index (χ1n) is 10.7. The molecule has 9 heteroatoms. The van der Waals surface area contributed by atoms with Crippen molar-refractivity contribution in [1.82, 2.24) is 9.46 Å². The summed E-state index contributed by atoms with van der Waals surface area (Å²) in [5.74, 6) is 0.435. The zero-order valence-electron chi connectivity index (χ0n) is 18.6.